The summed E-state index contributed by atoms with van der Waals surface area (Å²) in [7, 11) is 0. The Balaban J connectivity index is 2.85. The van der Waals surface area contributed by atoms with Crippen molar-refractivity contribution >= 4 is 11.6 Å². The van der Waals surface area contributed by atoms with E-state index in [1.54, 1.807) is 4.90 Å². The summed E-state index contributed by atoms with van der Waals surface area (Å²) in [6.07, 6.45) is 0.669. The normalized spacial score (nSPS) is 12.2. The number of carbonyl (C=O) groups excluding carboxylic acids is 1. The van der Waals surface area contributed by atoms with Crippen LogP contribution < -0.4 is 10.6 Å². The summed E-state index contributed by atoms with van der Waals surface area (Å²) in [5.41, 5.74) is 6.65. The molecule has 1 atom stereocenters. The van der Waals surface area contributed by atoms with Gasteiger partial charge in [0.05, 0.1) is 6.04 Å². The lowest BCUT2D eigenvalue weighted by atomic mass is 10.2. The Morgan fingerprint density at radius 1 is 1.33 bits per heavy atom. The fraction of sp³-hybridized carbons (Fsp3) is 0.417. The van der Waals surface area contributed by atoms with E-state index >= 15 is 0 Å². The van der Waals surface area contributed by atoms with Gasteiger partial charge >= 0.3 is 0 Å². The van der Waals surface area contributed by atoms with E-state index in [1.165, 1.54) is 0 Å². The monoisotopic (exact) mass is 206 g/mol. The lowest BCUT2D eigenvalue weighted by Crippen LogP contribution is -2.43. The van der Waals surface area contributed by atoms with Crippen molar-refractivity contribution in [1.82, 2.24) is 0 Å². The van der Waals surface area contributed by atoms with Gasteiger partial charge in [-0.15, -0.1) is 0 Å². The van der Waals surface area contributed by atoms with E-state index in [0.717, 1.165) is 5.69 Å². The molecule has 0 aliphatic heterocycles. The molecule has 0 radical (unpaired) electrons. The molecule has 0 saturated carbocycles. The first-order valence-electron chi connectivity index (χ1n) is 5.32. The van der Waals surface area contributed by atoms with Crippen LogP contribution >= 0.6 is 0 Å². The number of para-hydroxylation sites is 1. The zero-order chi connectivity index (χ0) is 11.3. The number of carbonyl (C=O) groups is 1. The van der Waals surface area contributed by atoms with E-state index in [1.807, 2.05) is 44.2 Å². The van der Waals surface area contributed by atoms with Gasteiger partial charge in [0.25, 0.3) is 0 Å². The number of hydrogen-bond donors (Lipinski definition) is 1. The largest absolute Gasteiger partial charge is 0.320 e. The van der Waals surface area contributed by atoms with E-state index in [0.29, 0.717) is 13.0 Å². The van der Waals surface area contributed by atoms with Crippen LogP contribution in [0, 0.1) is 0 Å². The fourth-order valence-electron chi connectivity index (χ4n) is 1.45. The van der Waals surface area contributed by atoms with Gasteiger partial charge < -0.3 is 10.6 Å². The zero-order valence-corrected chi connectivity index (χ0v) is 9.31. The maximum Gasteiger partial charge on any atom is 0.243 e. The lowest BCUT2D eigenvalue weighted by molar-refractivity contribution is -0.119. The second-order valence-electron chi connectivity index (χ2n) is 3.43. The highest BCUT2D eigenvalue weighted by Gasteiger charge is 2.18. The Morgan fingerprint density at radius 3 is 2.40 bits per heavy atom. The number of benzene rings is 1. The van der Waals surface area contributed by atoms with Crippen LogP contribution in [0.3, 0.4) is 0 Å². The molecule has 0 unspecified atom stereocenters. The van der Waals surface area contributed by atoms with Crippen molar-refractivity contribution in [3.63, 3.8) is 0 Å². The van der Waals surface area contributed by atoms with Gasteiger partial charge in [0, 0.05) is 12.2 Å². The van der Waals surface area contributed by atoms with Gasteiger partial charge in [-0.05, 0) is 25.5 Å². The van der Waals surface area contributed by atoms with Crippen molar-refractivity contribution in [2.24, 2.45) is 5.73 Å². The first kappa shape index (κ1) is 11.7. The molecule has 0 aromatic heterocycles. The van der Waals surface area contributed by atoms with E-state index in [-0.39, 0.29) is 5.91 Å². The van der Waals surface area contributed by atoms with Gasteiger partial charge in [-0.2, -0.15) is 0 Å². The number of rotatable bonds is 4. The molecule has 0 heterocycles. The topological polar surface area (TPSA) is 46.3 Å². The van der Waals surface area contributed by atoms with Crippen LogP contribution in [0.25, 0.3) is 0 Å². The number of hydrogen-bond acceptors (Lipinski definition) is 2. The molecule has 1 amide bonds. The first-order valence-corrected chi connectivity index (χ1v) is 5.32. The zero-order valence-electron chi connectivity index (χ0n) is 9.31. The number of anilines is 1. The second kappa shape index (κ2) is 5.51. The highest BCUT2D eigenvalue weighted by molar-refractivity contribution is 5.96. The van der Waals surface area contributed by atoms with Crippen molar-refractivity contribution < 1.29 is 4.79 Å². The van der Waals surface area contributed by atoms with Gasteiger partial charge in [0.2, 0.25) is 5.91 Å². The minimum atomic E-state index is -0.398. The second-order valence-corrected chi connectivity index (χ2v) is 3.43. The van der Waals surface area contributed by atoms with Crippen LogP contribution in [0.2, 0.25) is 0 Å². The van der Waals surface area contributed by atoms with Crippen LogP contribution in [0.15, 0.2) is 30.3 Å². The predicted molar refractivity (Wildman–Crippen MR) is 62.7 cm³/mol. The molecular formula is C12H18N2O. The number of likely N-dealkylation sites (N-methyl/N-ethyl adjacent to an activating group) is 1. The molecular weight excluding hydrogens is 188 g/mol. The molecule has 82 valence electrons. The molecule has 1 aromatic carbocycles. The Hall–Kier alpha value is -1.35. The highest BCUT2D eigenvalue weighted by atomic mass is 16.2. The lowest BCUT2D eigenvalue weighted by Gasteiger charge is -2.23. The van der Waals surface area contributed by atoms with Gasteiger partial charge in [0.15, 0.2) is 0 Å². The van der Waals surface area contributed by atoms with Crippen LogP contribution in [-0.2, 0) is 4.79 Å². The van der Waals surface area contributed by atoms with Gasteiger partial charge in [-0.3, -0.25) is 4.79 Å². The Morgan fingerprint density at radius 2 is 1.93 bits per heavy atom. The maximum atomic E-state index is 11.9. The van der Waals surface area contributed by atoms with E-state index in [4.69, 9.17) is 5.73 Å². The van der Waals surface area contributed by atoms with Crippen molar-refractivity contribution in [2.45, 2.75) is 26.3 Å². The quantitative estimate of drug-likeness (QED) is 0.816. The Labute approximate surface area is 90.9 Å². The number of nitrogens with two attached hydrogens (primary N) is 1. The molecule has 3 heteroatoms. The summed E-state index contributed by atoms with van der Waals surface area (Å²) >= 11 is 0. The van der Waals surface area contributed by atoms with E-state index in [9.17, 15) is 4.79 Å². The molecule has 0 aliphatic rings. The molecule has 2 N–H and O–H groups in total. The smallest absolute Gasteiger partial charge is 0.243 e. The molecule has 0 fully saturated rings. The molecule has 0 spiro atoms. The van der Waals surface area contributed by atoms with E-state index < -0.39 is 6.04 Å². The van der Waals surface area contributed by atoms with Crippen molar-refractivity contribution in [2.75, 3.05) is 11.4 Å². The highest BCUT2D eigenvalue weighted by Crippen LogP contribution is 2.14. The van der Waals surface area contributed by atoms with Gasteiger partial charge in [-0.25, -0.2) is 0 Å². The van der Waals surface area contributed by atoms with Crippen LogP contribution in [0.1, 0.15) is 20.3 Å². The van der Waals surface area contributed by atoms with Crippen LogP contribution in [0.4, 0.5) is 5.69 Å². The molecule has 0 aliphatic carbocycles. The van der Waals surface area contributed by atoms with Crippen molar-refractivity contribution in [3.8, 4) is 0 Å². The SMILES string of the molecule is CC[C@H](N)C(=O)N(CC)c1ccccc1. The summed E-state index contributed by atoms with van der Waals surface area (Å²) in [6, 6.07) is 9.21. The molecule has 0 bridgehead atoms. The number of nitrogens with zero attached hydrogens (tertiary/aromatic N) is 1. The minimum absolute atomic E-state index is 0.00815. The average molecular weight is 206 g/mol. The third kappa shape index (κ3) is 2.80. The standard InChI is InChI=1S/C12H18N2O/c1-3-11(13)12(15)14(4-2)10-8-6-5-7-9-10/h5-9,11H,3-4,13H2,1-2H3/t11-/m0/s1. The van der Waals surface area contributed by atoms with Crippen molar-refractivity contribution in [3.05, 3.63) is 30.3 Å². The first-order chi connectivity index (χ1) is 7.20. The maximum absolute atomic E-state index is 11.9. The number of amides is 1. The molecule has 0 saturated heterocycles. The van der Waals surface area contributed by atoms with Crippen molar-refractivity contribution in [1.29, 1.82) is 0 Å². The predicted octanol–water partition coefficient (Wildman–Crippen LogP) is 1.78. The van der Waals surface area contributed by atoms with Crippen LogP contribution in [-0.4, -0.2) is 18.5 Å². The third-order valence-corrected chi connectivity index (χ3v) is 2.41. The summed E-state index contributed by atoms with van der Waals surface area (Å²) in [5, 5.41) is 0. The Kier molecular flexibility index (Phi) is 4.31. The summed E-state index contributed by atoms with van der Waals surface area (Å²) in [5.74, 6) is -0.00815. The molecule has 3 nitrogen and oxygen atoms in total. The molecule has 15 heavy (non-hydrogen) atoms. The van der Waals surface area contributed by atoms with Gasteiger partial charge in [0.1, 0.15) is 0 Å². The van der Waals surface area contributed by atoms with Crippen LogP contribution in [0.5, 0.6) is 0 Å². The average Bonchev–Trinajstić information content (AvgIpc) is 2.30. The van der Waals surface area contributed by atoms with Gasteiger partial charge in [-0.1, -0.05) is 25.1 Å². The summed E-state index contributed by atoms with van der Waals surface area (Å²) in [6.45, 7) is 4.52. The summed E-state index contributed by atoms with van der Waals surface area (Å²) < 4.78 is 0. The molecule has 1 rings (SSSR count). The minimum Gasteiger partial charge on any atom is -0.320 e. The third-order valence-electron chi connectivity index (χ3n) is 2.41. The Bertz CT molecular complexity index is 311. The molecule has 1 aromatic rings. The van der Waals surface area contributed by atoms with E-state index in [2.05, 4.69) is 0 Å². The fourth-order valence-corrected chi connectivity index (χ4v) is 1.45. The summed E-state index contributed by atoms with van der Waals surface area (Å²) in [4.78, 5) is 13.6.